The van der Waals surface area contributed by atoms with E-state index in [1.165, 1.54) is 7.11 Å². The smallest absolute Gasteiger partial charge is 0.306 e. The molecule has 0 radical (unpaired) electrons. The van der Waals surface area contributed by atoms with E-state index >= 15 is 0 Å². The summed E-state index contributed by atoms with van der Waals surface area (Å²) < 4.78 is 35.5. The Labute approximate surface area is 186 Å². The first-order valence-electron chi connectivity index (χ1n) is 9.88. The van der Waals surface area contributed by atoms with Crippen molar-refractivity contribution >= 4 is 27.7 Å². The quantitative estimate of drug-likeness (QED) is 0.348. The van der Waals surface area contributed by atoms with E-state index < -0.39 is 33.9 Å². The average Bonchev–Trinajstić information content (AvgIpc) is 3.07. The van der Waals surface area contributed by atoms with Gasteiger partial charge in [0.2, 0.25) is 15.9 Å². The van der Waals surface area contributed by atoms with Gasteiger partial charge in [-0.25, -0.2) is 12.7 Å². The maximum Gasteiger partial charge on any atom is 0.306 e. The third kappa shape index (κ3) is 5.25. The Balaban J connectivity index is 1.68. The van der Waals surface area contributed by atoms with E-state index in [-0.39, 0.29) is 25.3 Å². The highest BCUT2D eigenvalue weighted by Gasteiger charge is 2.45. The topological polar surface area (TPSA) is 140 Å². The molecule has 2 aromatic carbocycles. The molecule has 1 amide bonds. The number of rotatable bonds is 8. The zero-order chi connectivity index (χ0) is 23.5. The highest BCUT2D eigenvalue weighted by Crippen LogP contribution is 2.31. The van der Waals surface area contributed by atoms with E-state index in [4.69, 9.17) is 15.9 Å². The lowest BCUT2D eigenvalue weighted by molar-refractivity contribution is -0.144. The Morgan fingerprint density at radius 1 is 1.12 bits per heavy atom. The molecule has 0 spiro atoms. The number of carbonyl (C=O) groups is 2. The number of nitrogens with one attached hydrogen (secondary N) is 1. The summed E-state index contributed by atoms with van der Waals surface area (Å²) in [5.41, 5.74) is 7.98. The monoisotopic (exact) mass is 459 g/mol. The Bertz CT molecular complexity index is 1110. The first-order chi connectivity index (χ1) is 15.1. The molecule has 0 aromatic heterocycles. The summed E-state index contributed by atoms with van der Waals surface area (Å²) >= 11 is 0. The molecule has 0 bridgehead atoms. The van der Waals surface area contributed by atoms with Gasteiger partial charge in [0.25, 0.3) is 0 Å². The molecular weight excluding hydrogens is 434 g/mol. The van der Waals surface area contributed by atoms with Crippen molar-refractivity contribution in [1.29, 1.82) is 5.41 Å². The molecule has 1 fully saturated rings. The number of nitrogen functional groups attached to an aromatic ring is 1. The molecule has 1 heterocycles. The third-order valence-corrected chi connectivity index (χ3v) is 6.47. The van der Waals surface area contributed by atoms with Gasteiger partial charge in [-0.1, -0.05) is 36.4 Å². The van der Waals surface area contributed by atoms with Gasteiger partial charge in [0.05, 0.1) is 31.7 Å². The van der Waals surface area contributed by atoms with Crippen LogP contribution in [0.15, 0.2) is 48.5 Å². The molecule has 10 heteroatoms. The van der Waals surface area contributed by atoms with Crippen LogP contribution in [-0.2, 0) is 24.3 Å². The molecular formula is C22H25N3O6S. The molecule has 0 aliphatic carbocycles. The molecule has 2 atom stereocenters. The minimum absolute atomic E-state index is 0.00246. The predicted molar refractivity (Wildman–Crippen MR) is 119 cm³/mol. The van der Waals surface area contributed by atoms with Gasteiger partial charge in [-0.15, -0.1) is 0 Å². The van der Waals surface area contributed by atoms with Crippen molar-refractivity contribution in [2.45, 2.75) is 18.9 Å². The van der Waals surface area contributed by atoms with Crippen LogP contribution in [0.2, 0.25) is 0 Å². The highest BCUT2D eigenvalue weighted by molar-refractivity contribution is 7.88. The lowest BCUT2D eigenvalue weighted by Crippen LogP contribution is -2.41. The van der Waals surface area contributed by atoms with Crippen molar-refractivity contribution in [3.8, 4) is 16.9 Å². The lowest BCUT2D eigenvalue weighted by Gasteiger charge is -2.22. The number of sulfonamides is 1. The number of ether oxygens (including phenoxy) is 2. The van der Waals surface area contributed by atoms with Crippen LogP contribution in [0.4, 0.5) is 0 Å². The predicted octanol–water partition coefficient (Wildman–Crippen LogP) is 1.76. The fraction of sp³-hybridized carbons (Fsp3) is 0.318. The average molecular weight is 460 g/mol. The van der Waals surface area contributed by atoms with Gasteiger partial charge in [0.1, 0.15) is 18.2 Å². The van der Waals surface area contributed by atoms with E-state index in [0.29, 0.717) is 11.3 Å². The largest absolute Gasteiger partial charge is 0.491 e. The molecule has 0 saturated carbocycles. The zero-order valence-corrected chi connectivity index (χ0v) is 18.6. The van der Waals surface area contributed by atoms with E-state index in [1.807, 2.05) is 24.3 Å². The number of nitrogens with zero attached hydrogens (tertiary/aromatic N) is 1. The first kappa shape index (κ1) is 23.3. The van der Waals surface area contributed by atoms with Crippen molar-refractivity contribution in [1.82, 2.24) is 4.31 Å². The molecule has 3 N–H and O–H groups in total. The normalized spacial score (nSPS) is 18.4. The van der Waals surface area contributed by atoms with Crippen LogP contribution < -0.4 is 10.5 Å². The fourth-order valence-corrected chi connectivity index (χ4v) is 4.85. The second kappa shape index (κ2) is 9.39. The number of amidine groups is 1. The number of esters is 1. The number of benzene rings is 2. The summed E-state index contributed by atoms with van der Waals surface area (Å²) in [5.74, 6) is -1.42. The Kier molecular flexibility index (Phi) is 6.83. The van der Waals surface area contributed by atoms with Gasteiger partial charge in [-0.2, -0.15) is 0 Å². The maximum absolute atomic E-state index is 12.6. The summed E-state index contributed by atoms with van der Waals surface area (Å²) in [4.78, 5) is 24.1. The third-order valence-electron chi connectivity index (χ3n) is 5.28. The number of hydrogen-bond acceptors (Lipinski definition) is 7. The number of amides is 1. The van der Waals surface area contributed by atoms with Crippen LogP contribution in [0.3, 0.4) is 0 Å². The summed E-state index contributed by atoms with van der Waals surface area (Å²) in [5, 5.41) is 7.45. The summed E-state index contributed by atoms with van der Waals surface area (Å²) in [6.45, 7) is -0.0247. The van der Waals surface area contributed by atoms with Crippen LogP contribution in [0.1, 0.15) is 18.4 Å². The van der Waals surface area contributed by atoms with E-state index in [0.717, 1.165) is 21.7 Å². The minimum Gasteiger partial charge on any atom is -0.491 e. The van der Waals surface area contributed by atoms with Crippen molar-refractivity contribution in [2.75, 3.05) is 20.0 Å². The van der Waals surface area contributed by atoms with Crippen molar-refractivity contribution < 1.29 is 27.5 Å². The summed E-state index contributed by atoms with van der Waals surface area (Å²) in [7, 11) is -2.59. The second-order valence-electron chi connectivity index (χ2n) is 7.59. The van der Waals surface area contributed by atoms with Crippen LogP contribution in [0.25, 0.3) is 11.1 Å². The number of nitrogens with two attached hydrogens (primary N) is 1. The maximum atomic E-state index is 12.6. The van der Waals surface area contributed by atoms with E-state index in [1.54, 1.807) is 24.3 Å². The molecule has 1 saturated heterocycles. The van der Waals surface area contributed by atoms with Gasteiger partial charge < -0.3 is 15.2 Å². The van der Waals surface area contributed by atoms with Crippen molar-refractivity contribution in [3.05, 3.63) is 54.1 Å². The van der Waals surface area contributed by atoms with Gasteiger partial charge in [-0.3, -0.25) is 15.0 Å². The molecule has 9 nitrogen and oxygen atoms in total. The van der Waals surface area contributed by atoms with Crippen molar-refractivity contribution in [3.63, 3.8) is 0 Å². The standard InChI is InChI=1S/C22H25N3O6S/c1-30-20(26)12-17-11-18(25(22(17)27)32(2,28)29)13-31-19-9-7-15(8-10-19)14-3-5-16(6-4-14)21(23)24/h3-10,17-18H,11-13H2,1-2H3,(H3,23,24)/t17-,18-/m0/s1. The summed E-state index contributed by atoms with van der Waals surface area (Å²) in [6, 6.07) is 13.8. The van der Waals surface area contributed by atoms with Crippen LogP contribution in [-0.4, -0.2) is 56.4 Å². The van der Waals surface area contributed by atoms with Gasteiger partial charge >= 0.3 is 5.97 Å². The van der Waals surface area contributed by atoms with Gasteiger partial charge in [0, 0.05) is 5.56 Å². The van der Waals surface area contributed by atoms with Crippen LogP contribution >= 0.6 is 0 Å². The molecule has 0 unspecified atom stereocenters. The molecule has 170 valence electrons. The molecule has 2 aromatic rings. The number of carbonyl (C=O) groups excluding carboxylic acids is 2. The Morgan fingerprint density at radius 3 is 2.19 bits per heavy atom. The van der Waals surface area contributed by atoms with Crippen molar-refractivity contribution in [2.24, 2.45) is 11.7 Å². The molecule has 1 aliphatic heterocycles. The molecule has 32 heavy (non-hydrogen) atoms. The van der Waals surface area contributed by atoms with E-state index in [9.17, 15) is 18.0 Å². The summed E-state index contributed by atoms with van der Waals surface area (Å²) in [6.07, 6.45) is 0.973. The lowest BCUT2D eigenvalue weighted by atomic mass is 10.0. The Hall–Kier alpha value is -3.40. The molecule has 3 rings (SSSR count). The zero-order valence-electron chi connectivity index (χ0n) is 17.8. The fourth-order valence-electron chi connectivity index (χ4n) is 3.69. The second-order valence-corrected chi connectivity index (χ2v) is 9.45. The van der Waals surface area contributed by atoms with E-state index in [2.05, 4.69) is 4.74 Å². The number of methoxy groups -OCH3 is 1. The van der Waals surface area contributed by atoms with Crippen LogP contribution in [0.5, 0.6) is 5.75 Å². The van der Waals surface area contributed by atoms with Gasteiger partial charge in [0.15, 0.2) is 0 Å². The highest BCUT2D eigenvalue weighted by atomic mass is 32.2. The Morgan fingerprint density at radius 2 is 1.69 bits per heavy atom. The number of hydrogen-bond donors (Lipinski definition) is 2. The SMILES string of the molecule is COC(=O)C[C@@H]1C[C@@H](COc2ccc(-c3ccc(C(=N)N)cc3)cc2)N(S(C)(=O)=O)C1=O. The molecule has 1 aliphatic rings. The van der Waals surface area contributed by atoms with Crippen LogP contribution in [0, 0.1) is 11.3 Å². The minimum atomic E-state index is -3.81. The van der Waals surface area contributed by atoms with Gasteiger partial charge in [-0.05, 0) is 29.7 Å². The first-order valence-corrected chi connectivity index (χ1v) is 11.7.